The van der Waals surface area contributed by atoms with Crippen molar-refractivity contribution in [3.05, 3.63) is 0 Å². The molecule has 0 heterocycles. The Hall–Kier alpha value is 0.290. The van der Waals surface area contributed by atoms with Crippen molar-refractivity contribution >= 4 is 23.5 Å². The van der Waals surface area contributed by atoms with Crippen LogP contribution < -0.4 is 0 Å². The van der Waals surface area contributed by atoms with Gasteiger partial charge in [-0.05, 0) is 0 Å². The quantitative estimate of drug-likeness (QED) is 0.207. The second-order valence-electron chi connectivity index (χ2n) is 2.92. The second-order valence-corrected chi connectivity index (χ2v) is 6.64. The van der Waals surface area contributed by atoms with Crippen molar-refractivity contribution in [1.29, 1.82) is 0 Å². The molecule has 0 aliphatic carbocycles. The first-order valence-corrected chi connectivity index (χ1v) is 8.70. The summed E-state index contributed by atoms with van der Waals surface area (Å²) in [5.74, 6) is 0. The first kappa shape index (κ1) is 19.3. The highest BCUT2D eigenvalue weighted by molar-refractivity contribution is 7.46. The molecule has 0 unspecified atom stereocenters. The van der Waals surface area contributed by atoms with Crippen LogP contribution in [0.2, 0.25) is 0 Å². The first-order valence-electron chi connectivity index (χ1n) is 4.11. The van der Waals surface area contributed by atoms with Gasteiger partial charge in [0.25, 0.3) is 0 Å². The number of phosphoric ester groups is 3. The second kappa shape index (κ2) is 7.34. The summed E-state index contributed by atoms with van der Waals surface area (Å²) in [5.41, 5.74) is 0. The van der Waals surface area contributed by atoms with Gasteiger partial charge in [-0.25, -0.2) is 18.6 Å². The van der Waals surface area contributed by atoms with Crippen molar-refractivity contribution < 1.29 is 56.6 Å². The predicted molar refractivity (Wildman–Crippen MR) is 55.8 cm³/mol. The monoisotopic (exact) mass is 347 g/mol. The Morgan fingerprint density at radius 1 is 0.632 bits per heavy atom. The van der Waals surface area contributed by atoms with Gasteiger partial charge >= 0.3 is 23.5 Å². The zero-order valence-electron chi connectivity index (χ0n) is 9.04. The molecule has 0 aromatic carbocycles. The zero-order chi connectivity index (χ0) is 15.3. The Morgan fingerprint density at radius 3 is 1.00 bits per heavy atom. The molecule has 116 valence electrons. The van der Waals surface area contributed by atoms with Gasteiger partial charge in [-0.15, -0.1) is 0 Å². The molecule has 6 N–H and O–H groups in total. The predicted octanol–water partition coefficient (Wildman–Crippen LogP) is -1.51. The average molecular weight is 347 g/mol. The van der Waals surface area contributed by atoms with Gasteiger partial charge in [0, 0.05) is 0 Å². The summed E-state index contributed by atoms with van der Waals surface area (Å²) < 4.78 is 43.0. The van der Waals surface area contributed by atoms with Crippen LogP contribution in [0.3, 0.4) is 0 Å². The van der Waals surface area contributed by atoms with Crippen LogP contribution in [0.25, 0.3) is 0 Å². The summed E-state index contributed by atoms with van der Waals surface area (Å²) in [6, 6.07) is 0. The molecule has 0 aliphatic rings. The van der Waals surface area contributed by atoms with Crippen molar-refractivity contribution in [3.8, 4) is 0 Å². The zero-order valence-corrected chi connectivity index (χ0v) is 11.7. The maximum absolute atomic E-state index is 10.4. The summed E-state index contributed by atoms with van der Waals surface area (Å²) >= 11 is 0. The molecule has 0 spiro atoms. The maximum Gasteiger partial charge on any atom is 0.470 e. The van der Waals surface area contributed by atoms with Crippen LogP contribution in [0.15, 0.2) is 0 Å². The molecule has 0 rings (SSSR count). The van der Waals surface area contributed by atoms with Crippen LogP contribution in [0.4, 0.5) is 0 Å². The van der Waals surface area contributed by atoms with Gasteiger partial charge in [-0.3, -0.25) is 13.6 Å². The lowest BCUT2D eigenvalue weighted by atomic mass is 10.9. The van der Waals surface area contributed by atoms with E-state index in [4.69, 9.17) is 29.4 Å². The Kier molecular flexibility index (Phi) is 7.45. The fourth-order valence-corrected chi connectivity index (χ4v) is 1.52. The Bertz CT molecular complexity index is 343. The summed E-state index contributed by atoms with van der Waals surface area (Å²) in [4.78, 5) is 50.9. The molecule has 0 saturated heterocycles. The first-order chi connectivity index (χ1) is 8.29. The minimum absolute atomic E-state index is 0.539. The van der Waals surface area contributed by atoms with E-state index in [1.807, 2.05) is 0 Å². The average Bonchev–Trinajstić information content (AvgIpc) is 2.11. The van der Waals surface area contributed by atoms with E-state index in [-0.39, 0.29) is 0 Å². The lowest BCUT2D eigenvalue weighted by molar-refractivity contribution is -0.0237. The van der Waals surface area contributed by atoms with Crippen molar-refractivity contribution in [1.82, 2.24) is 4.90 Å². The van der Waals surface area contributed by atoms with Gasteiger partial charge in [0.1, 0.15) is 20.2 Å². The fourth-order valence-electron chi connectivity index (χ4n) is 0.582. The van der Waals surface area contributed by atoms with Crippen LogP contribution in [0.5, 0.6) is 0 Å². The van der Waals surface area contributed by atoms with Crippen molar-refractivity contribution in [2.45, 2.75) is 0 Å². The number of rotatable bonds is 9. The third-order valence-electron chi connectivity index (χ3n) is 1.23. The van der Waals surface area contributed by atoms with E-state index in [9.17, 15) is 13.7 Å². The molecule has 16 heteroatoms. The third kappa shape index (κ3) is 14.5. The molecule has 0 amide bonds. The smallest absolute Gasteiger partial charge is 0.303 e. The Balaban J connectivity index is 4.42. The third-order valence-corrected chi connectivity index (χ3v) is 2.58. The number of phosphoric acid groups is 3. The van der Waals surface area contributed by atoms with Gasteiger partial charge in [0.2, 0.25) is 0 Å². The van der Waals surface area contributed by atoms with Gasteiger partial charge in [-0.2, -0.15) is 0 Å². The van der Waals surface area contributed by atoms with E-state index >= 15 is 0 Å². The molecule has 0 fully saturated rings. The molecule has 0 atom stereocenters. The normalized spacial score (nSPS) is 14.1. The molecule has 19 heavy (non-hydrogen) atoms. The van der Waals surface area contributed by atoms with E-state index in [0.29, 0.717) is 4.90 Å². The summed E-state index contributed by atoms with van der Waals surface area (Å²) in [5, 5.41) is 0. The minimum atomic E-state index is -4.89. The maximum atomic E-state index is 10.4. The van der Waals surface area contributed by atoms with Crippen LogP contribution >= 0.6 is 23.5 Å². The summed E-state index contributed by atoms with van der Waals surface area (Å²) in [6.45, 7) is -2.86. The number of hydrogen-bond acceptors (Lipinski definition) is 7. The fraction of sp³-hybridized carbons (Fsp3) is 1.00. The highest BCUT2D eigenvalue weighted by atomic mass is 31.2. The molecule has 13 nitrogen and oxygen atoms in total. The lowest BCUT2D eigenvalue weighted by Gasteiger charge is -2.21. The van der Waals surface area contributed by atoms with Gasteiger partial charge in [-0.1, -0.05) is 0 Å². The minimum Gasteiger partial charge on any atom is -0.303 e. The van der Waals surface area contributed by atoms with Crippen molar-refractivity contribution in [2.24, 2.45) is 0 Å². The Labute approximate surface area is 106 Å². The van der Waals surface area contributed by atoms with E-state index in [1.165, 1.54) is 0 Å². The SMILES string of the molecule is O=P(O)(O)OCN(COP(=O)(O)O)COP(=O)(O)O. The number of nitrogens with zero attached hydrogens (tertiary/aromatic N) is 1. The van der Waals surface area contributed by atoms with Gasteiger partial charge in [0.05, 0.1) is 0 Å². The van der Waals surface area contributed by atoms with Crippen molar-refractivity contribution in [2.75, 3.05) is 20.2 Å². The molecule has 0 aliphatic heterocycles. The lowest BCUT2D eigenvalue weighted by Crippen LogP contribution is -2.30. The highest BCUT2D eigenvalue weighted by Crippen LogP contribution is 2.39. The molecule has 0 aromatic heterocycles. The van der Waals surface area contributed by atoms with E-state index in [0.717, 1.165) is 0 Å². The standard InChI is InChI=1S/C3H12NO12P3/c5-17(6,7)14-1-4(2-15-18(8,9)10)3-16-19(11,12)13/h1-3H2,(H2,5,6,7)(H2,8,9,10)(H2,11,12,13). The summed E-state index contributed by atoms with van der Waals surface area (Å²) in [6.07, 6.45) is 0. The Morgan fingerprint density at radius 2 is 0.842 bits per heavy atom. The molecule has 0 saturated carbocycles. The van der Waals surface area contributed by atoms with Crippen LogP contribution in [-0.4, -0.2) is 54.5 Å². The van der Waals surface area contributed by atoms with Gasteiger partial charge < -0.3 is 29.4 Å². The highest BCUT2D eigenvalue weighted by Gasteiger charge is 2.23. The molecular weight excluding hydrogens is 335 g/mol. The van der Waals surface area contributed by atoms with E-state index in [1.54, 1.807) is 0 Å². The topological polar surface area (TPSA) is 204 Å². The molecule has 0 radical (unpaired) electrons. The van der Waals surface area contributed by atoms with Crippen LogP contribution in [-0.2, 0) is 27.3 Å². The molecular formula is C3H12NO12P3. The van der Waals surface area contributed by atoms with Crippen LogP contribution in [0, 0.1) is 0 Å². The summed E-state index contributed by atoms with van der Waals surface area (Å²) in [7, 11) is -14.7. The van der Waals surface area contributed by atoms with E-state index in [2.05, 4.69) is 13.6 Å². The largest absolute Gasteiger partial charge is 0.470 e. The molecule has 0 bridgehead atoms. The molecule has 0 aromatic rings. The van der Waals surface area contributed by atoms with Crippen LogP contribution in [0.1, 0.15) is 0 Å². The van der Waals surface area contributed by atoms with E-state index < -0.39 is 43.7 Å². The number of hydrogen-bond donors (Lipinski definition) is 6. The van der Waals surface area contributed by atoms with Crippen molar-refractivity contribution in [3.63, 3.8) is 0 Å². The van der Waals surface area contributed by atoms with Gasteiger partial charge in [0.15, 0.2) is 0 Å².